The van der Waals surface area contributed by atoms with Crippen LogP contribution in [0.3, 0.4) is 0 Å². The van der Waals surface area contributed by atoms with E-state index in [-0.39, 0.29) is 6.42 Å². The van der Waals surface area contributed by atoms with Gasteiger partial charge in [-0.1, -0.05) is 26.7 Å². The molecule has 0 aliphatic heterocycles. The number of carboxylic acid groups (broad SMARTS) is 1. The highest BCUT2D eigenvalue weighted by Crippen LogP contribution is 2.29. The Bertz CT molecular complexity index is 684. The Morgan fingerprint density at radius 1 is 1.42 bits per heavy atom. The van der Waals surface area contributed by atoms with Crippen LogP contribution in [0.4, 0.5) is 0 Å². The number of carbonyl (C=O) groups is 1. The summed E-state index contributed by atoms with van der Waals surface area (Å²) in [5, 5.41) is 18.8. The van der Waals surface area contributed by atoms with Crippen molar-refractivity contribution in [2.24, 2.45) is 16.9 Å². The van der Waals surface area contributed by atoms with Crippen LogP contribution < -0.4 is 15.8 Å². The van der Waals surface area contributed by atoms with E-state index in [2.05, 4.69) is 29.7 Å². The normalized spacial score (nSPS) is 23.5. The van der Waals surface area contributed by atoms with Gasteiger partial charge in [0.2, 0.25) is 0 Å². The van der Waals surface area contributed by atoms with Gasteiger partial charge in [0, 0.05) is 24.0 Å². The summed E-state index contributed by atoms with van der Waals surface area (Å²) in [5.74, 6) is 1.51. The number of furan rings is 1. The number of nitrogens with zero attached hydrogens (tertiary/aromatic N) is 1. The molecule has 1 heterocycles. The van der Waals surface area contributed by atoms with Crippen LogP contribution in [0.1, 0.15) is 63.5 Å². The number of carboxylic acids is 1. The van der Waals surface area contributed by atoms with Crippen molar-refractivity contribution < 1.29 is 14.3 Å². The van der Waals surface area contributed by atoms with Gasteiger partial charge in [-0.2, -0.15) is 5.10 Å². The van der Waals surface area contributed by atoms with Crippen molar-refractivity contribution in [3.8, 4) is 0 Å². The highest BCUT2D eigenvalue weighted by atomic mass is 32.1. The third-order valence-electron chi connectivity index (χ3n) is 5.28. The van der Waals surface area contributed by atoms with E-state index < -0.39 is 5.97 Å². The number of hydrazone groups is 1. The summed E-state index contributed by atoms with van der Waals surface area (Å²) in [6.45, 7) is 8.25. The maximum absolute atomic E-state index is 10.6. The molecule has 0 saturated heterocycles. The first-order valence-electron chi connectivity index (χ1n) is 9.18. The average molecular weight is 379 g/mol. The molecule has 7 heteroatoms. The molecule has 1 aliphatic carbocycles. The fraction of sp³-hybridized carbons (Fsp3) is 0.632. The zero-order chi connectivity index (χ0) is 19.3. The molecule has 1 aromatic heterocycles. The zero-order valence-corrected chi connectivity index (χ0v) is 16.7. The summed E-state index contributed by atoms with van der Waals surface area (Å²) in [6, 6.07) is 2.20. The molecule has 6 nitrogen and oxygen atoms in total. The maximum atomic E-state index is 10.6. The first-order valence-corrected chi connectivity index (χ1v) is 9.59. The van der Waals surface area contributed by atoms with E-state index in [0.29, 0.717) is 40.9 Å². The molecule has 1 aromatic rings. The molecule has 26 heavy (non-hydrogen) atoms. The first-order chi connectivity index (χ1) is 12.3. The summed E-state index contributed by atoms with van der Waals surface area (Å²) >= 11 is 5.38. The van der Waals surface area contributed by atoms with Crippen molar-refractivity contribution in [2.45, 2.75) is 65.8 Å². The van der Waals surface area contributed by atoms with Crippen LogP contribution in [0.5, 0.6) is 0 Å². The second-order valence-corrected chi connectivity index (χ2v) is 7.62. The second-order valence-electron chi connectivity index (χ2n) is 7.21. The zero-order valence-electron chi connectivity index (χ0n) is 15.9. The topological polar surface area (TPSA) is 89.7 Å². The monoisotopic (exact) mass is 378 g/mol. The summed E-state index contributed by atoms with van der Waals surface area (Å²) in [5.41, 5.74) is 4.49. The van der Waals surface area contributed by atoms with Gasteiger partial charge >= 0.3 is 0 Å². The van der Waals surface area contributed by atoms with Crippen molar-refractivity contribution in [1.82, 2.24) is 10.7 Å². The second kappa shape index (κ2) is 9.16. The summed E-state index contributed by atoms with van der Waals surface area (Å²) < 4.78 is 5.59. The van der Waals surface area contributed by atoms with E-state index in [9.17, 15) is 9.90 Å². The van der Waals surface area contributed by atoms with E-state index in [1.165, 1.54) is 12.8 Å². The van der Waals surface area contributed by atoms with Crippen molar-refractivity contribution in [1.29, 1.82) is 0 Å². The minimum absolute atomic E-state index is 0.0627. The average Bonchev–Trinajstić information content (AvgIpc) is 2.96. The molecule has 1 fully saturated rings. The number of carbonyl (C=O) groups excluding carboxylic acids is 1. The molecule has 0 spiro atoms. The van der Waals surface area contributed by atoms with Gasteiger partial charge < -0.3 is 19.6 Å². The Balaban J connectivity index is 1.92. The summed E-state index contributed by atoms with van der Waals surface area (Å²) in [4.78, 5) is 10.6. The molecule has 0 bridgehead atoms. The van der Waals surface area contributed by atoms with Gasteiger partial charge in [0.1, 0.15) is 11.5 Å². The predicted octanol–water partition coefficient (Wildman–Crippen LogP) is 2.28. The first kappa shape index (κ1) is 20.4. The van der Waals surface area contributed by atoms with Crippen molar-refractivity contribution in [3.63, 3.8) is 0 Å². The fourth-order valence-corrected chi connectivity index (χ4v) is 3.63. The highest BCUT2D eigenvalue weighted by molar-refractivity contribution is 7.80. The van der Waals surface area contributed by atoms with E-state index in [1.807, 2.05) is 19.9 Å². The van der Waals surface area contributed by atoms with Gasteiger partial charge in [-0.05, 0) is 56.8 Å². The molecule has 0 unspecified atom stereocenters. The quantitative estimate of drug-likeness (QED) is 0.448. The Labute approximate surface area is 160 Å². The number of thiocarbonyl (C=S) groups is 1. The summed E-state index contributed by atoms with van der Waals surface area (Å²) in [7, 11) is 0. The third kappa shape index (κ3) is 5.56. The van der Waals surface area contributed by atoms with Gasteiger partial charge in [-0.3, -0.25) is 5.43 Å². The van der Waals surface area contributed by atoms with Crippen LogP contribution in [0.15, 0.2) is 15.6 Å². The predicted molar refractivity (Wildman–Crippen MR) is 104 cm³/mol. The molecule has 0 radical (unpaired) electrons. The highest BCUT2D eigenvalue weighted by Gasteiger charge is 2.27. The Morgan fingerprint density at radius 3 is 2.85 bits per heavy atom. The standard InChI is InChI=1S/C19H29N3O3S/c1-11-6-5-7-17(12(11)2)20-19(26)22-21-13(3)16-10-15(25-14(16)4)8-9-18(23)24/h10-12,17H,5-9H2,1-4H3,(H,23,24)(H2,20,22,26)/p-1/b21-13-/t11-,12+,17-/m1/s1. The Morgan fingerprint density at radius 2 is 2.15 bits per heavy atom. The van der Waals surface area contributed by atoms with Crippen molar-refractivity contribution in [3.05, 3.63) is 23.2 Å². The molecule has 144 valence electrons. The number of aliphatic carboxylic acids is 1. The number of rotatable bonds is 6. The van der Waals surface area contributed by atoms with Crippen LogP contribution in [-0.4, -0.2) is 22.8 Å². The van der Waals surface area contributed by atoms with E-state index in [4.69, 9.17) is 16.6 Å². The minimum Gasteiger partial charge on any atom is -0.550 e. The Kier molecular flexibility index (Phi) is 7.20. The van der Waals surface area contributed by atoms with Crippen LogP contribution >= 0.6 is 12.2 Å². The van der Waals surface area contributed by atoms with Crippen LogP contribution in [-0.2, 0) is 11.2 Å². The number of nitrogens with one attached hydrogen (secondary N) is 2. The van der Waals surface area contributed by atoms with E-state index in [1.54, 1.807) is 0 Å². The van der Waals surface area contributed by atoms with Crippen LogP contribution in [0.25, 0.3) is 0 Å². The SMILES string of the molecule is C/C(=N/NC(=S)N[C@@H]1CCC[C@@H](C)[C@@H]1C)c1cc(CCC(=O)[O-])oc1C. The van der Waals surface area contributed by atoms with Crippen LogP contribution in [0, 0.1) is 18.8 Å². The fourth-order valence-electron chi connectivity index (χ4n) is 3.43. The molecular weight excluding hydrogens is 350 g/mol. The Hall–Kier alpha value is -1.89. The summed E-state index contributed by atoms with van der Waals surface area (Å²) in [6.07, 6.45) is 3.86. The van der Waals surface area contributed by atoms with Gasteiger partial charge in [0.15, 0.2) is 5.11 Å². The lowest BCUT2D eigenvalue weighted by Gasteiger charge is -2.35. The lowest BCUT2D eigenvalue weighted by atomic mass is 9.78. The third-order valence-corrected chi connectivity index (χ3v) is 5.49. The molecule has 0 amide bonds. The van der Waals surface area contributed by atoms with Crippen molar-refractivity contribution in [2.75, 3.05) is 0 Å². The van der Waals surface area contributed by atoms with Gasteiger partial charge in [0.25, 0.3) is 0 Å². The van der Waals surface area contributed by atoms with Crippen LogP contribution in [0.2, 0.25) is 0 Å². The lowest BCUT2D eigenvalue weighted by molar-refractivity contribution is -0.305. The van der Waals surface area contributed by atoms with Crippen molar-refractivity contribution >= 4 is 29.0 Å². The molecule has 1 aliphatic rings. The molecule has 2 N–H and O–H groups in total. The smallest absolute Gasteiger partial charge is 0.187 e. The van der Waals surface area contributed by atoms with Gasteiger partial charge in [0.05, 0.1) is 5.71 Å². The number of hydrogen-bond donors (Lipinski definition) is 2. The number of hydrogen-bond acceptors (Lipinski definition) is 5. The number of aryl methyl sites for hydroxylation is 2. The molecule has 2 rings (SSSR count). The molecule has 3 atom stereocenters. The van der Waals surface area contributed by atoms with E-state index in [0.717, 1.165) is 17.7 Å². The van der Waals surface area contributed by atoms with E-state index >= 15 is 0 Å². The molecule has 1 saturated carbocycles. The lowest BCUT2D eigenvalue weighted by Crippen LogP contribution is -2.46. The molecule has 0 aromatic carbocycles. The van der Waals surface area contributed by atoms with Gasteiger partial charge in [-0.15, -0.1) is 0 Å². The largest absolute Gasteiger partial charge is 0.550 e. The maximum Gasteiger partial charge on any atom is 0.187 e. The minimum atomic E-state index is -1.09. The van der Waals surface area contributed by atoms with Gasteiger partial charge in [-0.25, -0.2) is 0 Å². The molecular formula is C19H28N3O3S-.